The number of rotatable bonds is 10. The number of halogens is 1. The number of H-pyrrole nitrogens is 1. The Morgan fingerprint density at radius 3 is 2.77 bits per heavy atom. The monoisotopic (exact) mass is 479 g/mol. The Morgan fingerprint density at radius 2 is 2.00 bits per heavy atom. The molecule has 2 aromatic carbocycles. The van der Waals surface area contributed by atoms with E-state index in [0.717, 1.165) is 11.9 Å². The van der Waals surface area contributed by atoms with Crippen molar-refractivity contribution in [2.75, 3.05) is 25.0 Å². The van der Waals surface area contributed by atoms with Gasteiger partial charge in [0.15, 0.2) is 11.5 Å². The van der Waals surface area contributed by atoms with E-state index in [1.807, 2.05) is 24.3 Å². The van der Waals surface area contributed by atoms with Crippen LogP contribution < -0.4 is 27.2 Å². The maximum Gasteiger partial charge on any atom is 0.321 e. The van der Waals surface area contributed by atoms with E-state index in [1.165, 1.54) is 12.3 Å². The molecule has 0 aliphatic heterocycles. The minimum Gasteiger partial charge on any atom is -0.441 e. The van der Waals surface area contributed by atoms with Crippen LogP contribution in [0.25, 0.3) is 22.2 Å². The van der Waals surface area contributed by atoms with E-state index in [2.05, 4.69) is 30.9 Å². The van der Waals surface area contributed by atoms with Crippen molar-refractivity contribution in [3.8, 4) is 11.1 Å². The first-order valence-electron chi connectivity index (χ1n) is 11.2. The molecule has 6 N–H and O–H groups in total. The molecular weight excluding hydrogens is 453 g/mol. The number of aromatic nitrogens is 3. The highest BCUT2D eigenvalue weighted by molar-refractivity contribution is 5.87. The second-order valence-electron chi connectivity index (χ2n) is 7.80. The molecule has 2 heterocycles. The van der Waals surface area contributed by atoms with E-state index in [9.17, 15) is 14.0 Å². The fourth-order valence-corrected chi connectivity index (χ4v) is 3.44. The van der Waals surface area contributed by atoms with E-state index in [-0.39, 0.29) is 18.1 Å². The summed E-state index contributed by atoms with van der Waals surface area (Å²) < 4.78 is 20.1. The molecule has 0 aliphatic carbocycles. The van der Waals surface area contributed by atoms with E-state index in [1.54, 1.807) is 12.1 Å². The summed E-state index contributed by atoms with van der Waals surface area (Å²) in [4.78, 5) is 35.6. The number of carbonyl (C=O) groups excluding carboxylic acids is 1. The summed E-state index contributed by atoms with van der Waals surface area (Å²) in [6.07, 6.45) is 2.59. The molecule has 11 heteroatoms. The largest absolute Gasteiger partial charge is 0.441 e. The van der Waals surface area contributed by atoms with Crippen LogP contribution in [0, 0.1) is 5.82 Å². The topological polar surface area (TPSA) is 151 Å². The number of hydrogen-bond donors (Lipinski definition) is 5. The predicted molar refractivity (Wildman–Crippen MR) is 130 cm³/mol. The van der Waals surface area contributed by atoms with Crippen LogP contribution in [0.15, 0.2) is 57.9 Å². The second kappa shape index (κ2) is 11.4. The predicted octanol–water partition coefficient (Wildman–Crippen LogP) is 2.52. The average Bonchev–Trinajstić information content (AvgIpc) is 3.25. The normalized spacial score (nSPS) is 11.0. The third kappa shape index (κ3) is 6.28. The van der Waals surface area contributed by atoms with Gasteiger partial charge in [-0.2, -0.15) is 4.98 Å². The van der Waals surface area contributed by atoms with Gasteiger partial charge in [0.2, 0.25) is 5.95 Å². The molecule has 35 heavy (non-hydrogen) atoms. The summed E-state index contributed by atoms with van der Waals surface area (Å²) in [5.74, 6) is 0.0500. The van der Waals surface area contributed by atoms with Crippen LogP contribution in [-0.4, -0.2) is 40.6 Å². The lowest BCUT2D eigenvalue weighted by molar-refractivity contribution is 0.252. The highest BCUT2D eigenvalue weighted by Gasteiger charge is 2.11. The summed E-state index contributed by atoms with van der Waals surface area (Å²) in [6, 6.07) is 11.4. The summed E-state index contributed by atoms with van der Waals surface area (Å²) >= 11 is 0. The summed E-state index contributed by atoms with van der Waals surface area (Å²) in [7, 11) is 0. The molecule has 0 aliphatic rings. The lowest BCUT2D eigenvalue weighted by Gasteiger charge is -2.09. The van der Waals surface area contributed by atoms with Crippen molar-refractivity contribution in [2.45, 2.75) is 19.4 Å². The number of para-hydroxylation sites is 2. The molecule has 0 saturated heterocycles. The molecule has 0 atom stereocenters. The number of amides is 2. The van der Waals surface area contributed by atoms with Gasteiger partial charge in [0.1, 0.15) is 11.3 Å². The van der Waals surface area contributed by atoms with Crippen molar-refractivity contribution in [1.82, 2.24) is 25.6 Å². The highest BCUT2D eigenvalue weighted by atomic mass is 19.1. The van der Waals surface area contributed by atoms with Crippen LogP contribution in [0.5, 0.6) is 0 Å². The molecule has 4 rings (SSSR count). The molecule has 182 valence electrons. The first kappa shape index (κ1) is 24.0. The van der Waals surface area contributed by atoms with Gasteiger partial charge >= 0.3 is 6.03 Å². The zero-order valence-corrected chi connectivity index (χ0v) is 18.9. The quantitative estimate of drug-likeness (QED) is 0.219. The Morgan fingerprint density at radius 1 is 1.14 bits per heavy atom. The molecule has 0 unspecified atom stereocenters. The fraction of sp³-hybridized carbons (Fsp3) is 0.250. The Kier molecular flexibility index (Phi) is 7.81. The number of nitrogens with zero attached hydrogens (tertiary/aromatic N) is 2. The fourth-order valence-electron chi connectivity index (χ4n) is 3.44. The molecular formula is C24H26FN7O3. The lowest BCUT2D eigenvalue weighted by atomic mass is 10.1. The third-order valence-corrected chi connectivity index (χ3v) is 5.23. The molecule has 10 nitrogen and oxygen atoms in total. The smallest absolute Gasteiger partial charge is 0.321 e. The minimum absolute atomic E-state index is 0.0284. The molecule has 2 aromatic heterocycles. The maximum atomic E-state index is 14.5. The van der Waals surface area contributed by atoms with E-state index < -0.39 is 17.4 Å². The van der Waals surface area contributed by atoms with Gasteiger partial charge in [-0.25, -0.2) is 14.2 Å². The van der Waals surface area contributed by atoms with Crippen LogP contribution in [0.1, 0.15) is 17.9 Å². The van der Waals surface area contributed by atoms with Crippen molar-refractivity contribution in [1.29, 1.82) is 0 Å². The van der Waals surface area contributed by atoms with Crippen molar-refractivity contribution >= 4 is 23.1 Å². The third-order valence-electron chi connectivity index (χ3n) is 5.23. The SMILES string of the molecule is NCCCNCc1ccc(-c2c[nH]c(NC(=O)NCCc3nc4ccccc4o3)nc2=O)cc1F. The van der Waals surface area contributed by atoms with Gasteiger partial charge in [0.25, 0.3) is 5.56 Å². The van der Waals surface area contributed by atoms with Gasteiger partial charge in [0.05, 0.1) is 5.56 Å². The number of nitrogens with two attached hydrogens (primary N) is 1. The summed E-state index contributed by atoms with van der Waals surface area (Å²) in [5, 5.41) is 8.24. The Hall–Kier alpha value is -4.09. The summed E-state index contributed by atoms with van der Waals surface area (Å²) in [5.41, 5.74) is 7.34. The van der Waals surface area contributed by atoms with Gasteiger partial charge in [-0.15, -0.1) is 0 Å². The first-order valence-corrected chi connectivity index (χ1v) is 11.2. The minimum atomic E-state index is -0.598. The molecule has 2 amide bonds. The molecule has 0 radical (unpaired) electrons. The van der Waals surface area contributed by atoms with E-state index in [4.69, 9.17) is 10.2 Å². The number of urea groups is 1. The molecule has 4 aromatic rings. The molecule has 0 spiro atoms. The second-order valence-corrected chi connectivity index (χ2v) is 7.80. The van der Waals surface area contributed by atoms with Gasteiger partial charge in [-0.05, 0) is 43.3 Å². The number of anilines is 1. The van der Waals surface area contributed by atoms with Gasteiger partial charge < -0.3 is 25.8 Å². The number of aromatic amines is 1. The van der Waals surface area contributed by atoms with Crippen molar-refractivity contribution < 1.29 is 13.6 Å². The number of oxazole rings is 1. The number of fused-ring (bicyclic) bond motifs is 1. The number of carbonyl (C=O) groups is 1. The Labute approximate surface area is 200 Å². The number of benzene rings is 2. The van der Waals surface area contributed by atoms with Crippen molar-refractivity contribution in [2.24, 2.45) is 5.73 Å². The maximum absolute atomic E-state index is 14.5. The molecule has 0 saturated carbocycles. The Balaban J connectivity index is 1.31. The van der Waals surface area contributed by atoms with E-state index >= 15 is 0 Å². The van der Waals surface area contributed by atoms with Gasteiger partial charge in [0, 0.05) is 31.3 Å². The van der Waals surface area contributed by atoms with Gasteiger partial charge in [-0.3, -0.25) is 10.1 Å². The van der Waals surface area contributed by atoms with Crippen LogP contribution in [0.4, 0.5) is 15.1 Å². The van der Waals surface area contributed by atoms with Gasteiger partial charge in [-0.1, -0.05) is 24.3 Å². The average molecular weight is 480 g/mol. The Bertz CT molecular complexity index is 1340. The standard InChI is InChI=1S/C24H26FN7O3/c25-18-12-15(6-7-16(18)13-27-10-3-9-26)17-14-29-23(31-22(17)33)32-24(34)28-11-8-21-30-19-4-1-2-5-20(19)35-21/h1-2,4-7,12,14,27H,3,8-11,13,26H2,(H3,28,29,31,32,33,34). The zero-order chi connectivity index (χ0) is 24.6. The van der Waals surface area contributed by atoms with Crippen LogP contribution in [-0.2, 0) is 13.0 Å². The van der Waals surface area contributed by atoms with Crippen molar-refractivity contribution in [3.05, 3.63) is 76.3 Å². The van der Waals surface area contributed by atoms with Crippen LogP contribution in [0.3, 0.4) is 0 Å². The molecule has 0 fully saturated rings. The highest BCUT2D eigenvalue weighted by Crippen LogP contribution is 2.19. The lowest BCUT2D eigenvalue weighted by Crippen LogP contribution is -2.32. The van der Waals surface area contributed by atoms with Crippen molar-refractivity contribution in [3.63, 3.8) is 0 Å². The zero-order valence-electron chi connectivity index (χ0n) is 18.9. The van der Waals surface area contributed by atoms with Crippen LogP contribution >= 0.6 is 0 Å². The number of hydrogen-bond acceptors (Lipinski definition) is 7. The first-order chi connectivity index (χ1) is 17.0. The summed E-state index contributed by atoms with van der Waals surface area (Å²) in [6.45, 7) is 1.90. The molecule has 0 bridgehead atoms. The van der Waals surface area contributed by atoms with Crippen LogP contribution in [0.2, 0.25) is 0 Å². The van der Waals surface area contributed by atoms with E-state index in [0.29, 0.717) is 48.7 Å². The number of nitrogens with one attached hydrogen (secondary N) is 4.